The van der Waals surface area contributed by atoms with Crippen LogP contribution in [0.1, 0.15) is 25.8 Å². The fourth-order valence-electron chi connectivity index (χ4n) is 1.33. The van der Waals surface area contributed by atoms with Crippen molar-refractivity contribution >= 4 is 17.5 Å². The van der Waals surface area contributed by atoms with Gasteiger partial charge in [-0.2, -0.15) is 0 Å². The number of amides is 1. The molecule has 1 rings (SSSR count). The lowest BCUT2D eigenvalue weighted by molar-refractivity contribution is -0.121. The minimum atomic E-state index is 0.0205. The Balaban J connectivity index is 2.41. The molecular formula is C11H19N5O. The van der Waals surface area contributed by atoms with Crippen LogP contribution in [0.2, 0.25) is 0 Å². The van der Waals surface area contributed by atoms with Gasteiger partial charge in [0.2, 0.25) is 5.91 Å². The van der Waals surface area contributed by atoms with E-state index in [9.17, 15) is 4.79 Å². The molecule has 1 aromatic rings. The van der Waals surface area contributed by atoms with Crippen LogP contribution in [0.25, 0.3) is 0 Å². The zero-order chi connectivity index (χ0) is 12.8. The van der Waals surface area contributed by atoms with Gasteiger partial charge in [-0.15, -0.1) is 0 Å². The highest BCUT2D eigenvalue weighted by atomic mass is 16.1. The number of nitrogens with two attached hydrogens (primary N) is 1. The SMILES string of the molecule is Cc1c(N)ncnc1NCCC(=O)NC(C)C. The molecule has 1 aromatic heterocycles. The van der Waals surface area contributed by atoms with Gasteiger partial charge < -0.3 is 16.4 Å². The summed E-state index contributed by atoms with van der Waals surface area (Å²) < 4.78 is 0. The minimum Gasteiger partial charge on any atom is -0.383 e. The summed E-state index contributed by atoms with van der Waals surface area (Å²) in [5.74, 6) is 1.15. The van der Waals surface area contributed by atoms with Crippen molar-refractivity contribution in [3.8, 4) is 0 Å². The Hall–Kier alpha value is -1.85. The van der Waals surface area contributed by atoms with Gasteiger partial charge >= 0.3 is 0 Å². The van der Waals surface area contributed by atoms with Gasteiger partial charge in [-0.3, -0.25) is 4.79 Å². The van der Waals surface area contributed by atoms with E-state index in [-0.39, 0.29) is 11.9 Å². The molecule has 1 amide bonds. The van der Waals surface area contributed by atoms with E-state index in [0.717, 1.165) is 5.56 Å². The molecule has 0 radical (unpaired) electrons. The summed E-state index contributed by atoms with van der Waals surface area (Å²) in [7, 11) is 0. The van der Waals surface area contributed by atoms with Crippen LogP contribution >= 0.6 is 0 Å². The first kappa shape index (κ1) is 13.2. The van der Waals surface area contributed by atoms with Crippen molar-refractivity contribution in [2.45, 2.75) is 33.2 Å². The second kappa shape index (κ2) is 6.03. The molecular weight excluding hydrogens is 218 g/mol. The molecule has 0 aliphatic heterocycles. The lowest BCUT2D eigenvalue weighted by atomic mass is 10.3. The van der Waals surface area contributed by atoms with Crippen LogP contribution in [0, 0.1) is 6.92 Å². The Kier molecular flexibility index (Phi) is 4.68. The van der Waals surface area contributed by atoms with Crippen molar-refractivity contribution in [1.29, 1.82) is 0 Å². The molecule has 0 atom stereocenters. The summed E-state index contributed by atoms with van der Waals surface area (Å²) in [5.41, 5.74) is 6.45. The molecule has 4 N–H and O–H groups in total. The number of nitrogens with one attached hydrogen (secondary N) is 2. The highest BCUT2D eigenvalue weighted by Gasteiger charge is 2.05. The van der Waals surface area contributed by atoms with Crippen molar-refractivity contribution in [1.82, 2.24) is 15.3 Å². The predicted octanol–water partition coefficient (Wildman–Crippen LogP) is 0.694. The Labute approximate surface area is 101 Å². The molecule has 94 valence electrons. The van der Waals surface area contributed by atoms with Crippen LogP contribution in [0.3, 0.4) is 0 Å². The zero-order valence-corrected chi connectivity index (χ0v) is 10.4. The molecule has 0 fully saturated rings. The number of hydrogen-bond acceptors (Lipinski definition) is 5. The van der Waals surface area contributed by atoms with E-state index in [2.05, 4.69) is 20.6 Å². The molecule has 0 aliphatic carbocycles. The monoisotopic (exact) mass is 237 g/mol. The van der Waals surface area contributed by atoms with Crippen LogP contribution in [-0.4, -0.2) is 28.5 Å². The Morgan fingerprint density at radius 3 is 2.82 bits per heavy atom. The number of nitrogens with zero attached hydrogens (tertiary/aromatic N) is 2. The second-order valence-corrected chi connectivity index (χ2v) is 4.13. The molecule has 0 aliphatic rings. The molecule has 0 saturated heterocycles. The van der Waals surface area contributed by atoms with Gasteiger partial charge in [0.15, 0.2) is 0 Å². The lowest BCUT2D eigenvalue weighted by Crippen LogP contribution is -2.31. The van der Waals surface area contributed by atoms with Crippen LogP contribution < -0.4 is 16.4 Å². The predicted molar refractivity (Wildman–Crippen MR) is 67.6 cm³/mol. The zero-order valence-electron chi connectivity index (χ0n) is 10.4. The normalized spacial score (nSPS) is 10.4. The Bertz CT molecular complexity index is 391. The smallest absolute Gasteiger partial charge is 0.221 e. The van der Waals surface area contributed by atoms with Crippen molar-refractivity contribution in [2.24, 2.45) is 0 Å². The molecule has 0 saturated carbocycles. The van der Waals surface area contributed by atoms with Crippen LogP contribution in [0.15, 0.2) is 6.33 Å². The van der Waals surface area contributed by atoms with Gasteiger partial charge in [0.05, 0.1) is 0 Å². The lowest BCUT2D eigenvalue weighted by Gasteiger charge is -2.10. The summed E-state index contributed by atoms with van der Waals surface area (Å²) in [5, 5.41) is 5.88. The van der Waals surface area contributed by atoms with Crippen LogP contribution in [0.4, 0.5) is 11.6 Å². The van der Waals surface area contributed by atoms with Crippen LogP contribution in [0.5, 0.6) is 0 Å². The molecule has 17 heavy (non-hydrogen) atoms. The Morgan fingerprint density at radius 1 is 1.47 bits per heavy atom. The first-order valence-corrected chi connectivity index (χ1v) is 5.61. The number of carbonyl (C=O) groups is 1. The Morgan fingerprint density at radius 2 is 2.18 bits per heavy atom. The fraction of sp³-hybridized carbons (Fsp3) is 0.545. The van der Waals surface area contributed by atoms with Crippen molar-refractivity contribution in [2.75, 3.05) is 17.6 Å². The largest absolute Gasteiger partial charge is 0.383 e. The molecule has 1 heterocycles. The number of carbonyl (C=O) groups excluding carboxylic acids is 1. The van der Waals surface area contributed by atoms with E-state index in [0.29, 0.717) is 24.6 Å². The van der Waals surface area contributed by atoms with E-state index < -0.39 is 0 Å². The van der Waals surface area contributed by atoms with E-state index in [1.54, 1.807) is 0 Å². The summed E-state index contributed by atoms with van der Waals surface area (Å²) in [6.45, 7) is 6.23. The molecule has 0 unspecified atom stereocenters. The third-order valence-electron chi connectivity index (χ3n) is 2.22. The standard InChI is InChI=1S/C11H19N5O/c1-7(2)16-9(17)4-5-13-11-8(3)10(12)14-6-15-11/h6-7H,4-5H2,1-3H3,(H,16,17)(H3,12,13,14,15). The average Bonchev–Trinajstić information content (AvgIpc) is 2.23. The second-order valence-electron chi connectivity index (χ2n) is 4.13. The van der Waals surface area contributed by atoms with E-state index in [1.165, 1.54) is 6.33 Å². The third-order valence-corrected chi connectivity index (χ3v) is 2.22. The first-order valence-electron chi connectivity index (χ1n) is 5.61. The summed E-state index contributed by atoms with van der Waals surface area (Å²) in [6.07, 6.45) is 1.81. The minimum absolute atomic E-state index is 0.0205. The molecule has 0 spiro atoms. The maximum absolute atomic E-state index is 11.4. The first-order chi connectivity index (χ1) is 8.00. The van der Waals surface area contributed by atoms with Crippen molar-refractivity contribution < 1.29 is 4.79 Å². The summed E-state index contributed by atoms with van der Waals surface area (Å²) in [6, 6.07) is 0.166. The highest BCUT2D eigenvalue weighted by Crippen LogP contribution is 2.14. The highest BCUT2D eigenvalue weighted by molar-refractivity contribution is 5.76. The van der Waals surface area contributed by atoms with E-state index >= 15 is 0 Å². The van der Waals surface area contributed by atoms with Crippen molar-refractivity contribution in [3.05, 3.63) is 11.9 Å². The molecule has 6 nitrogen and oxygen atoms in total. The number of rotatable bonds is 5. The number of anilines is 2. The number of nitrogen functional groups attached to an aromatic ring is 1. The van der Waals surface area contributed by atoms with Gasteiger partial charge in [-0.1, -0.05) is 0 Å². The van der Waals surface area contributed by atoms with E-state index in [4.69, 9.17) is 5.73 Å². The third kappa shape index (κ3) is 4.26. The molecule has 0 aromatic carbocycles. The van der Waals surface area contributed by atoms with Crippen molar-refractivity contribution in [3.63, 3.8) is 0 Å². The van der Waals surface area contributed by atoms with Gasteiger partial charge in [0.1, 0.15) is 18.0 Å². The maximum Gasteiger partial charge on any atom is 0.221 e. The summed E-state index contributed by atoms with van der Waals surface area (Å²) >= 11 is 0. The maximum atomic E-state index is 11.4. The quantitative estimate of drug-likeness (QED) is 0.700. The summed E-state index contributed by atoms with van der Waals surface area (Å²) in [4.78, 5) is 19.3. The molecule has 6 heteroatoms. The van der Waals surface area contributed by atoms with Gasteiger partial charge in [-0.05, 0) is 20.8 Å². The topological polar surface area (TPSA) is 92.9 Å². The number of hydrogen-bond donors (Lipinski definition) is 3. The van der Waals surface area contributed by atoms with Gasteiger partial charge in [-0.25, -0.2) is 9.97 Å². The fourth-order valence-corrected chi connectivity index (χ4v) is 1.33. The number of aromatic nitrogens is 2. The average molecular weight is 237 g/mol. The van der Waals surface area contributed by atoms with Gasteiger partial charge in [0.25, 0.3) is 0 Å². The molecule has 0 bridgehead atoms. The van der Waals surface area contributed by atoms with Gasteiger partial charge in [0, 0.05) is 24.6 Å². The van der Waals surface area contributed by atoms with Crippen LogP contribution in [-0.2, 0) is 4.79 Å². The van der Waals surface area contributed by atoms with E-state index in [1.807, 2.05) is 20.8 Å².